The summed E-state index contributed by atoms with van der Waals surface area (Å²) in [4.78, 5) is 21.7. The van der Waals surface area contributed by atoms with Crippen LogP contribution in [0.15, 0.2) is 24.3 Å². The molecule has 1 atom stereocenters. The molecule has 0 aromatic heterocycles. The summed E-state index contributed by atoms with van der Waals surface area (Å²) in [7, 11) is 0. The summed E-state index contributed by atoms with van der Waals surface area (Å²) in [6, 6.07) is 6.13. The maximum Gasteiger partial charge on any atom is 0.332 e. The predicted molar refractivity (Wildman–Crippen MR) is 54.0 cm³/mol. The Morgan fingerprint density at radius 1 is 1.40 bits per heavy atom. The Morgan fingerprint density at radius 3 is 2.60 bits per heavy atom. The van der Waals surface area contributed by atoms with Gasteiger partial charge in [0.15, 0.2) is 11.9 Å². The summed E-state index contributed by atoms with van der Waals surface area (Å²) in [5.74, 6) is -1.86. The number of rotatable bonds is 4. The van der Waals surface area contributed by atoms with E-state index in [1.807, 2.05) is 0 Å². The van der Waals surface area contributed by atoms with Gasteiger partial charge in [-0.2, -0.15) is 0 Å². The van der Waals surface area contributed by atoms with E-state index in [0.29, 0.717) is 10.6 Å². The van der Waals surface area contributed by atoms with Crippen molar-refractivity contribution in [1.82, 2.24) is 0 Å². The number of hydrogen-bond acceptors (Lipinski definition) is 3. The Balaban J connectivity index is 2.73. The molecular formula is C10H9ClO4. The van der Waals surface area contributed by atoms with Crippen LogP contribution in [0.25, 0.3) is 0 Å². The van der Waals surface area contributed by atoms with Crippen molar-refractivity contribution in [3.05, 3.63) is 34.9 Å². The van der Waals surface area contributed by atoms with Crippen molar-refractivity contribution in [3.8, 4) is 0 Å². The van der Waals surface area contributed by atoms with Crippen molar-refractivity contribution in [2.24, 2.45) is 0 Å². The first-order chi connectivity index (χ1) is 7.00. The van der Waals surface area contributed by atoms with Gasteiger partial charge >= 0.3 is 5.97 Å². The molecular weight excluding hydrogens is 220 g/mol. The molecule has 0 saturated carbocycles. The SMILES string of the molecule is O=C(CC(O)C(=O)O)c1cccc(Cl)c1. The van der Waals surface area contributed by atoms with E-state index in [2.05, 4.69) is 0 Å². The number of aliphatic hydroxyl groups excluding tert-OH is 1. The van der Waals surface area contributed by atoms with Gasteiger partial charge in [0.1, 0.15) is 0 Å². The van der Waals surface area contributed by atoms with Crippen LogP contribution in [-0.4, -0.2) is 28.1 Å². The minimum absolute atomic E-state index is 0.294. The summed E-state index contributed by atoms with van der Waals surface area (Å²) in [5, 5.41) is 17.8. The molecule has 5 heteroatoms. The first kappa shape index (κ1) is 11.7. The fourth-order valence-electron chi connectivity index (χ4n) is 1.04. The van der Waals surface area contributed by atoms with Gasteiger partial charge in [0.2, 0.25) is 0 Å². The van der Waals surface area contributed by atoms with Gasteiger partial charge < -0.3 is 10.2 Å². The van der Waals surface area contributed by atoms with Crippen LogP contribution in [0.2, 0.25) is 5.02 Å². The number of hydrogen-bond donors (Lipinski definition) is 2. The zero-order valence-corrected chi connectivity index (χ0v) is 8.44. The molecule has 0 saturated heterocycles. The van der Waals surface area contributed by atoms with Crippen LogP contribution in [0.5, 0.6) is 0 Å². The van der Waals surface area contributed by atoms with Crippen molar-refractivity contribution in [3.63, 3.8) is 0 Å². The van der Waals surface area contributed by atoms with Crippen molar-refractivity contribution < 1.29 is 19.8 Å². The first-order valence-electron chi connectivity index (χ1n) is 4.20. The average molecular weight is 229 g/mol. The fourth-order valence-corrected chi connectivity index (χ4v) is 1.23. The predicted octanol–water partition coefficient (Wildman–Crippen LogP) is 1.36. The lowest BCUT2D eigenvalue weighted by Gasteiger charge is -2.04. The largest absolute Gasteiger partial charge is 0.479 e. The summed E-state index contributed by atoms with van der Waals surface area (Å²) in [6.45, 7) is 0. The topological polar surface area (TPSA) is 74.6 Å². The number of benzene rings is 1. The van der Waals surface area contributed by atoms with Gasteiger partial charge in [-0.15, -0.1) is 0 Å². The van der Waals surface area contributed by atoms with E-state index in [4.69, 9.17) is 21.8 Å². The molecule has 1 rings (SSSR count). The van der Waals surface area contributed by atoms with Crippen LogP contribution in [-0.2, 0) is 4.79 Å². The van der Waals surface area contributed by atoms with E-state index >= 15 is 0 Å². The lowest BCUT2D eigenvalue weighted by Crippen LogP contribution is -2.23. The normalized spacial score (nSPS) is 12.1. The molecule has 80 valence electrons. The standard InChI is InChI=1S/C10H9ClO4/c11-7-3-1-2-6(4-7)8(12)5-9(13)10(14)15/h1-4,9,13H,5H2,(H,14,15). The smallest absolute Gasteiger partial charge is 0.332 e. The zero-order valence-electron chi connectivity index (χ0n) is 7.68. The molecule has 0 bridgehead atoms. The molecule has 0 amide bonds. The molecule has 0 radical (unpaired) electrons. The van der Waals surface area contributed by atoms with Gasteiger partial charge in [-0.1, -0.05) is 23.7 Å². The number of carbonyl (C=O) groups excluding carboxylic acids is 1. The molecule has 0 aliphatic rings. The third kappa shape index (κ3) is 3.34. The number of aliphatic carboxylic acids is 1. The molecule has 1 unspecified atom stereocenters. The number of carboxylic acid groups (broad SMARTS) is 1. The highest BCUT2D eigenvalue weighted by molar-refractivity contribution is 6.31. The van der Waals surface area contributed by atoms with Crippen LogP contribution in [0.1, 0.15) is 16.8 Å². The average Bonchev–Trinajstić information content (AvgIpc) is 2.17. The number of aliphatic hydroxyl groups is 1. The van der Waals surface area contributed by atoms with Crippen LogP contribution < -0.4 is 0 Å². The first-order valence-corrected chi connectivity index (χ1v) is 4.58. The molecule has 2 N–H and O–H groups in total. The summed E-state index contributed by atoms with van der Waals surface area (Å²) < 4.78 is 0. The molecule has 0 fully saturated rings. The number of carboxylic acids is 1. The number of carbonyl (C=O) groups is 2. The molecule has 0 heterocycles. The van der Waals surface area contributed by atoms with Crippen LogP contribution >= 0.6 is 11.6 Å². The van der Waals surface area contributed by atoms with Gasteiger partial charge in [0, 0.05) is 17.0 Å². The lowest BCUT2D eigenvalue weighted by atomic mass is 10.1. The van der Waals surface area contributed by atoms with Gasteiger partial charge in [-0.25, -0.2) is 4.79 Å². The Kier molecular flexibility index (Phi) is 3.82. The van der Waals surface area contributed by atoms with E-state index in [9.17, 15) is 9.59 Å². The second kappa shape index (κ2) is 4.91. The van der Waals surface area contributed by atoms with Gasteiger partial charge in [0.25, 0.3) is 0 Å². The molecule has 1 aromatic rings. The third-order valence-electron chi connectivity index (χ3n) is 1.81. The number of ketones is 1. The molecule has 15 heavy (non-hydrogen) atoms. The molecule has 0 spiro atoms. The van der Waals surface area contributed by atoms with E-state index in [0.717, 1.165) is 0 Å². The molecule has 0 aliphatic carbocycles. The highest BCUT2D eigenvalue weighted by Gasteiger charge is 2.18. The second-order valence-corrected chi connectivity index (χ2v) is 3.43. The van der Waals surface area contributed by atoms with E-state index < -0.39 is 24.3 Å². The van der Waals surface area contributed by atoms with Crippen LogP contribution in [0.4, 0.5) is 0 Å². The Labute approximate surface area is 91.1 Å². The number of halogens is 1. The third-order valence-corrected chi connectivity index (χ3v) is 2.05. The molecule has 1 aromatic carbocycles. The molecule has 0 aliphatic heterocycles. The second-order valence-electron chi connectivity index (χ2n) is 2.99. The Bertz CT molecular complexity index is 389. The summed E-state index contributed by atoms with van der Waals surface area (Å²) in [5.41, 5.74) is 0.294. The number of Topliss-reactive ketones (excluding diaryl/α,β-unsaturated/α-hetero) is 1. The minimum atomic E-state index is -1.67. The highest BCUT2D eigenvalue weighted by Crippen LogP contribution is 2.13. The van der Waals surface area contributed by atoms with Crippen molar-refractivity contribution in [1.29, 1.82) is 0 Å². The van der Waals surface area contributed by atoms with Crippen LogP contribution in [0, 0.1) is 0 Å². The van der Waals surface area contributed by atoms with Crippen LogP contribution in [0.3, 0.4) is 0 Å². The fraction of sp³-hybridized carbons (Fsp3) is 0.200. The van der Waals surface area contributed by atoms with Crippen molar-refractivity contribution in [2.75, 3.05) is 0 Å². The minimum Gasteiger partial charge on any atom is -0.479 e. The Morgan fingerprint density at radius 2 is 2.07 bits per heavy atom. The monoisotopic (exact) mass is 228 g/mol. The van der Waals surface area contributed by atoms with E-state index in [1.165, 1.54) is 12.1 Å². The van der Waals surface area contributed by atoms with Gasteiger partial charge in [-0.3, -0.25) is 4.79 Å². The summed E-state index contributed by atoms with van der Waals surface area (Å²) in [6.07, 6.45) is -2.12. The van der Waals surface area contributed by atoms with E-state index in [1.54, 1.807) is 12.1 Å². The maximum absolute atomic E-state index is 11.4. The lowest BCUT2D eigenvalue weighted by molar-refractivity contribution is -0.146. The maximum atomic E-state index is 11.4. The Hall–Kier alpha value is -1.39. The van der Waals surface area contributed by atoms with E-state index in [-0.39, 0.29) is 0 Å². The van der Waals surface area contributed by atoms with Crippen molar-refractivity contribution in [2.45, 2.75) is 12.5 Å². The highest BCUT2D eigenvalue weighted by atomic mass is 35.5. The quantitative estimate of drug-likeness (QED) is 0.763. The van der Waals surface area contributed by atoms with Gasteiger partial charge in [0.05, 0.1) is 0 Å². The summed E-state index contributed by atoms with van der Waals surface area (Å²) >= 11 is 5.66. The zero-order chi connectivity index (χ0) is 11.4. The van der Waals surface area contributed by atoms with Gasteiger partial charge in [-0.05, 0) is 12.1 Å². The molecule has 4 nitrogen and oxygen atoms in total. The van der Waals surface area contributed by atoms with Crippen molar-refractivity contribution >= 4 is 23.4 Å².